The smallest absolute Gasteiger partial charge is 0.267 e. The van der Waals surface area contributed by atoms with Gasteiger partial charge in [-0.1, -0.05) is 44.2 Å². The first kappa shape index (κ1) is 12.2. The van der Waals surface area contributed by atoms with Crippen molar-refractivity contribution in [3.8, 4) is 0 Å². The van der Waals surface area contributed by atoms with Gasteiger partial charge in [0.2, 0.25) is 0 Å². The van der Waals surface area contributed by atoms with Crippen molar-refractivity contribution < 1.29 is 4.79 Å². The number of benzene rings is 1. The molecule has 3 nitrogen and oxygen atoms in total. The monoisotopic (exact) mass is 216 g/mol. The molecule has 0 fully saturated rings. The second-order valence-corrected chi connectivity index (χ2v) is 3.79. The molecule has 0 saturated heterocycles. The Labute approximate surface area is 95.9 Å². The van der Waals surface area contributed by atoms with E-state index in [1.54, 1.807) is 6.07 Å². The normalized spacial score (nSPS) is 10.7. The van der Waals surface area contributed by atoms with Crippen LogP contribution < -0.4 is 5.43 Å². The number of carbonyl (C=O) groups excluding carboxylic acids is 1. The predicted molar refractivity (Wildman–Crippen MR) is 67.3 cm³/mol. The van der Waals surface area contributed by atoms with Gasteiger partial charge in [0, 0.05) is 12.3 Å². The third-order valence-electron chi connectivity index (χ3n) is 2.05. The summed E-state index contributed by atoms with van der Waals surface area (Å²) in [4.78, 5) is 11.6. The number of rotatable bonds is 4. The molecule has 0 radical (unpaired) electrons. The van der Waals surface area contributed by atoms with Gasteiger partial charge in [-0.2, -0.15) is 5.10 Å². The van der Waals surface area contributed by atoms with Crippen LogP contribution in [0.15, 0.2) is 35.4 Å². The molecule has 0 aliphatic heterocycles. The van der Waals surface area contributed by atoms with Crippen molar-refractivity contribution in [2.45, 2.75) is 13.8 Å². The quantitative estimate of drug-likeness (QED) is 0.610. The second-order valence-electron chi connectivity index (χ2n) is 3.79. The molecule has 84 valence electrons. The molecule has 0 spiro atoms. The molecule has 1 aromatic rings. The molecule has 16 heavy (non-hydrogen) atoms. The third kappa shape index (κ3) is 3.35. The fraction of sp³-hybridized carbons (Fsp3) is 0.231. The highest BCUT2D eigenvalue weighted by atomic mass is 16.2. The number of amides is 1. The molecule has 0 aliphatic carbocycles. The number of hydrogen-bond acceptors (Lipinski definition) is 2. The predicted octanol–water partition coefficient (Wildman–Crippen LogP) is 2.70. The van der Waals surface area contributed by atoms with Gasteiger partial charge in [0.05, 0.1) is 0 Å². The number of nitrogens with zero attached hydrogens (tertiary/aromatic N) is 1. The summed E-state index contributed by atoms with van der Waals surface area (Å²) in [5.74, 6) is 0.215. The van der Waals surface area contributed by atoms with E-state index >= 15 is 0 Å². The summed E-state index contributed by atoms with van der Waals surface area (Å²) < 4.78 is 0. The van der Waals surface area contributed by atoms with Crippen LogP contribution in [-0.4, -0.2) is 12.6 Å². The van der Waals surface area contributed by atoms with Gasteiger partial charge in [-0.05, 0) is 17.5 Å². The van der Waals surface area contributed by atoms with Gasteiger partial charge in [-0.15, -0.1) is 0 Å². The zero-order chi connectivity index (χ0) is 12.0. The van der Waals surface area contributed by atoms with Crippen molar-refractivity contribution in [3.63, 3.8) is 0 Å². The number of allylic oxidation sites excluding steroid dienone is 1. The highest BCUT2D eigenvalue weighted by molar-refractivity contribution is 5.97. The molecule has 3 heteroatoms. The average Bonchev–Trinajstić information content (AvgIpc) is 2.27. The Balaban J connectivity index is 3.00. The maximum Gasteiger partial charge on any atom is 0.271 e. The highest BCUT2D eigenvalue weighted by Gasteiger charge is 2.07. The molecule has 0 aliphatic rings. The van der Waals surface area contributed by atoms with Crippen LogP contribution in [0.1, 0.15) is 29.8 Å². The lowest BCUT2D eigenvalue weighted by molar-refractivity contribution is 0.0955. The van der Waals surface area contributed by atoms with E-state index in [0.29, 0.717) is 11.5 Å². The fourth-order valence-electron chi connectivity index (χ4n) is 1.28. The summed E-state index contributed by atoms with van der Waals surface area (Å²) in [6, 6.07) is 7.39. The molecule has 1 N–H and O–H groups in total. The lowest BCUT2D eigenvalue weighted by Gasteiger charge is -2.04. The van der Waals surface area contributed by atoms with Gasteiger partial charge >= 0.3 is 0 Å². The first-order valence-corrected chi connectivity index (χ1v) is 5.18. The summed E-state index contributed by atoms with van der Waals surface area (Å²) >= 11 is 0. The number of hydrogen-bond donors (Lipinski definition) is 1. The van der Waals surface area contributed by atoms with Crippen molar-refractivity contribution in [3.05, 3.63) is 41.5 Å². The Hall–Kier alpha value is -1.90. The van der Waals surface area contributed by atoms with Gasteiger partial charge < -0.3 is 0 Å². The van der Waals surface area contributed by atoms with E-state index in [4.69, 9.17) is 0 Å². The van der Waals surface area contributed by atoms with E-state index in [9.17, 15) is 4.79 Å². The second kappa shape index (κ2) is 5.85. The zero-order valence-electron chi connectivity index (χ0n) is 9.60. The lowest BCUT2D eigenvalue weighted by atomic mass is 10.0. The van der Waals surface area contributed by atoms with Gasteiger partial charge in [0.15, 0.2) is 0 Å². The maximum atomic E-state index is 11.6. The van der Waals surface area contributed by atoms with Gasteiger partial charge in [-0.3, -0.25) is 4.79 Å². The topological polar surface area (TPSA) is 41.5 Å². The first-order valence-electron chi connectivity index (χ1n) is 5.18. The molecular formula is C13H16N2O. The van der Waals surface area contributed by atoms with E-state index in [-0.39, 0.29) is 5.91 Å². The lowest BCUT2D eigenvalue weighted by Crippen LogP contribution is -2.17. The first-order chi connectivity index (χ1) is 7.65. The zero-order valence-corrected chi connectivity index (χ0v) is 9.60. The van der Waals surface area contributed by atoms with E-state index in [1.165, 1.54) is 0 Å². The summed E-state index contributed by atoms with van der Waals surface area (Å²) in [7, 11) is 0. The van der Waals surface area contributed by atoms with E-state index in [1.807, 2.05) is 30.4 Å². The minimum absolute atomic E-state index is 0.237. The molecule has 0 saturated carbocycles. The highest BCUT2D eigenvalue weighted by Crippen LogP contribution is 2.12. The molecule has 1 aromatic carbocycles. The summed E-state index contributed by atoms with van der Waals surface area (Å²) in [5.41, 5.74) is 3.82. The van der Waals surface area contributed by atoms with Crippen LogP contribution in [0.3, 0.4) is 0 Å². The molecular weight excluding hydrogens is 200 g/mol. The van der Waals surface area contributed by atoms with Crippen molar-refractivity contribution in [2.75, 3.05) is 0 Å². The molecule has 0 aromatic heterocycles. The summed E-state index contributed by atoms with van der Waals surface area (Å²) in [6.45, 7) is 7.41. The molecule has 0 unspecified atom stereocenters. The van der Waals surface area contributed by atoms with Crippen LogP contribution in [0, 0.1) is 5.92 Å². The Kier molecular flexibility index (Phi) is 4.45. The molecule has 0 atom stereocenters. The third-order valence-corrected chi connectivity index (χ3v) is 2.05. The summed E-state index contributed by atoms with van der Waals surface area (Å²) in [5, 5.41) is 3.37. The van der Waals surface area contributed by atoms with Crippen LogP contribution in [0.4, 0.5) is 0 Å². The van der Waals surface area contributed by atoms with E-state index < -0.39 is 0 Å². The summed E-state index contributed by atoms with van der Waals surface area (Å²) in [6.07, 6.45) is 4.00. The average molecular weight is 216 g/mol. The molecule has 0 heterocycles. The fourth-order valence-corrected chi connectivity index (χ4v) is 1.28. The molecule has 1 amide bonds. The van der Waals surface area contributed by atoms with Crippen molar-refractivity contribution in [1.29, 1.82) is 0 Å². The van der Waals surface area contributed by atoms with Gasteiger partial charge in [0.1, 0.15) is 0 Å². The van der Waals surface area contributed by atoms with Crippen molar-refractivity contribution in [2.24, 2.45) is 11.0 Å². The van der Waals surface area contributed by atoms with Crippen LogP contribution in [-0.2, 0) is 0 Å². The maximum absolute atomic E-state index is 11.6. The van der Waals surface area contributed by atoms with Gasteiger partial charge in [-0.25, -0.2) is 5.43 Å². The van der Waals surface area contributed by atoms with Gasteiger partial charge in [0.25, 0.3) is 5.91 Å². The molecule has 1 rings (SSSR count). The van der Waals surface area contributed by atoms with Crippen LogP contribution in [0.5, 0.6) is 0 Å². The van der Waals surface area contributed by atoms with Crippen LogP contribution in [0.2, 0.25) is 0 Å². The SMILES string of the molecule is C=NNC(=O)c1ccccc1/C=C/C(C)C. The Morgan fingerprint density at radius 3 is 2.75 bits per heavy atom. The van der Waals surface area contributed by atoms with Crippen molar-refractivity contribution in [1.82, 2.24) is 5.43 Å². The minimum Gasteiger partial charge on any atom is -0.267 e. The van der Waals surface area contributed by atoms with Crippen LogP contribution in [0.25, 0.3) is 6.08 Å². The largest absolute Gasteiger partial charge is 0.271 e. The standard InChI is InChI=1S/C13H16N2O/c1-10(2)8-9-11-6-4-5-7-12(11)13(16)15-14-3/h4-10H,3H2,1-2H3,(H,15,16)/b9-8+. The van der Waals surface area contributed by atoms with E-state index in [2.05, 4.69) is 31.1 Å². The number of nitrogens with one attached hydrogen (secondary N) is 1. The Morgan fingerprint density at radius 1 is 1.44 bits per heavy atom. The number of hydrazone groups is 1. The van der Waals surface area contributed by atoms with Crippen LogP contribution >= 0.6 is 0 Å². The molecule has 0 bridgehead atoms. The minimum atomic E-state index is -0.237. The van der Waals surface area contributed by atoms with Crippen molar-refractivity contribution >= 4 is 18.7 Å². The number of carbonyl (C=O) groups is 1. The Bertz CT molecular complexity index is 408. The van der Waals surface area contributed by atoms with E-state index in [0.717, 1.165) is 5.56 Å². The Morgan fingerprint density at radius 2 is 2.12 bits per heavy atom.